The van der Waals surface area contributed by atoms with Crippen molar-refractivity contribution < 1.29 is 14.3 Å². The molecule has 0 aliphatic carbocycles. The van der Waals surface area contributed by atoms with Gasteiger partial charge in [-0.05, 0) is 35.8 Å². The van der Waals surface area contributed by atoms with Gasteiger partial charge in [0, 0.05) is 26.2 Å². The van der Waals surface area contributed by atoms with E-state index in [1.807, 2.05) is 4.90 Å². The molecule has 3 rings (SSSR count). The highest BCUT2D eigenvalue weighted by Crippen LogP contribution is 2.22. The van der Waals surface area contributed by atoms with Gasteiger partial charge in [0.25, 0.3) is 0 Å². The van der Waals surface area contributed by atoms with Gasteiger partial charge in [-0.3, -0.25) is 4.79 Å². The van der Waals surface area contributed by atoms with Gasteiger partial charge in [-0.2, -0.15) is 0 Å². The minimum absolute atomic E-state index is 0.0636. The summed E-state index contributed by atoms with van der Waals surface area (Å²) in [5, 5.41) is 3.00. The summed E-state index contributed by atoms with van der Waals surface area (Å²) in [5.41, 5.74) is 2.65. The smallest absolute Gasteiger partial charge is 0.318 e. The number of likely N-dealkylation sites (tertiary alicyclic amines) is 1. The molecule has 3 amide bonds. The third kappa shape index (κ3) is 5.04. The molecule has 0 bridgehead atoms. The minimum Gasteiger partial charge on any atom is -0.378 e. The van der Waals surface area contributed by atoms with Crippen LogP contribution < -0.4 is 5.32 Å². The number of nitrogens with zero attached hydrogens (tertiary/aromatic N) is 2. The molecule has 0 radical (unpaired) electrons. The van der Waals surface area contributed by atoms with Crippen LogP contribution in [0.1, 0.15) is 44.7 Å². The minimum atomic E-state index is -0.329. The van der Waals surface area contributed by atoms with Gasteiger partial charge in [-0.25, -0.2) is 4.79 Å². The predicted molar refractivity (Wildman–Crippen MR) is 109 cm³/mol. The predicted octanol–water partition coefficient (Wildman–Crippen LogP) is 2.56. The Labute approximate surface area is 168 Å². The summed E-state index contributed by atoms with van der Waals surface area (Å²) in [6, 6.07) is 8.13. The Morgan fingerprint density at radius 1 is 1.11 bits per heavy atom. The van der Waals surface area contributed by atoms with Crippen LogP contribution in [-0.4, -0.2) is 67.2 Å². The fourth-order valence-electron chi connectivity index (χ4n) is 3.85. The van der Waals surface area contributed by atoms with Gasteiger partial charge in [0.15, 0.2) is 0 Å². The zero-order chi connectivity index (χ0) is 20.1. The first-order chi connectivity index (χ1) is 13.4. The molecule has 2 aliphatic rings. The van der Waals surface area contributed by atoms with E-state index in [0.717, 1.165) is 19.3 Å². The molecule has 0 unspecified atom stereocenters. The second-order valence-electron chi connectivity index (χ2n) is 8.72. The molecule has 0 saturated carbocycles. The average molecular weight is 388 g/mol. The molecular formula is C22H33N3O3. The molecule has 2 saturated heterocycles. The maximum absolute atomic E-state index is 12.8. The van der Waals surface area contributed by atoms with Gasteiger partial charge in [0.1, 0.15) is 6.04 Å². The summed E-state index contributed by atoms with van der Waals surface area (Å²) < 4.78 is 5.32. The molecule has 6 heteroatoms. The second kappa shape index (κ2) is 8.95. The highest BCUT2D eigenvalue weighted by molar-refractivity contribution is 5.87. The monoisotopic (exact) mass is 387 g/mol. The second-order valence-corrected chi connectivity index (χ2v) is 8.72. The van der Waals surface area contributed by atoms with Gasteiger partial charge in [0.2, 0.25) is 5.91 Å². The number of rotatable bonds is 4. The number of benzene rings is 1. The number of ether oxygens (including phenoxy) is 1. The van der Waals surface area contributed by atoms with Crippen LogP contribution in [0.3, 0.4) is 0 Å². The van der Waals surface area contributed by atoms with Crippen molar-refractivity contribution in [3.8, 4) is 0 Å². The molecule has 28 heavy (non-hydrogen) atoms. The maximum atomic E-state index is 12.8. The summed E-state index contributed by atoms with van der Waals surface area (Å²) in [5.74, 6) is 0.0636. The molecule has 1 atom stereocenters. The third-order valence-corrected chi connectivity index (χ3v) is 5.63. The Kier molecular flexibility index (Phi) is 6.60. The molecular weight excluding hydrogens is 354 g/mol. The van der Waals surface area contributed by atoms with Crippen LogP contribution >= 0.6 is 0 Å². The number of hydrogen-bond acceptors (Lipinski definition) is 3. The summed E-state index contributed by atoms with van der Waals surface area (Å²) in [4.78, 5) is 28.9. The van der Waals surface area contributed by atoms with E-state index in [9.17, 15) is 9.59 Å². The van der Waals surface area contributed by atoms with Crippen LogP contribution in [0.5, 0.6) is 0 Å². The first-order valence-corrected chi connectivity index (χ1v) is 10.4. The van der Waals surface area contributed by atoms with Crippen LogP contribution in [0.2, 0.25) is 0 Å². The van der Waals surface area contributed by atoms with Crippen LogP contribution in [0.25, 0.3) is 0 Å². The normalized spacial score (nSPS) is 20.3. The first kappa shape index (κ1) is 20.6. The quantitative estimate of drug-likeness (QED) is 0.864. The standard InChI is InChI=1S/C22H33N3O3/c1-22(2,3)18-8-6-17(7-9-18)10-11-23-21(27)25-12-4-5-19(25)20(26)24-13-15-28-16-14-24/h6-9,19H,4-5,10-16H2,1-3H3,(H,23,27)/t19-/m1/s1. The summed E-state index contributed by atoms with van der Waals surface area (Å²) in [6.45, 7) is 10.2. The van der Waals surface area contributed by atoms with Crippen molar-refractivity contribution in [2.24, 2.45) is 0 Å². The fourth-order valence-corrected chi connectivity index (χ4v) is 3.85. The highest BCUT2D eigenvalue weighted by Gasteiger charge is 2.36. The van der Waals surface area contributed by atoms with Crippen molar-refractivity contribution in [1.29, 1.82) is 0 Å². The molecule has 1 aromatic carbocycles. The topological polar surface area (TPSA) is 61.9 Å². The number of nitrogens with one attached hydrogen (secondary N) is 1. The number of carbonyl (C=O) groups is 2. The van der Waals surface area contributed by atoms with Crippen LogP contribution in [0.4, 0.5) is 4.79 Å². The van der Waals surface area contributed by atoms with E-state index in [4.69, 9.17) is 4.74 Å². The molecule has 2 heterocycles. The molecule has 2 fully saturated rings. The Morgan fingerprint density at radius 3 is 2.43 bits per heavy atom. The van der Waals surface area contributed by atoms with Crippen molar-refractivity contribution >= 4 is 11.9 Å². The lowest BCUT2D eigenvalue weighted by atomic mass is 9.86. The molecule has 2 aliphatic heterocycles. The number of carbonyl (C=O) groups excluding carboxylic acids is 2. The Hall–Kier alpha value is -2.08. The Morgan fingerprint density at radius 2 is 1.79 bits per heavy atom. The molecule has 0 aromatic heterocycles. The van der Waals surface area contributed by atoms with E-state index in [-0.39, 0.29) is 23.4 Å². The van der Waals surface area contributed by atoms with Gasteiger partial charge in [-0.1, -0.05) is 45.0 Å². The summed E-state index contributed by atoms with van der Waals surface area (Å²) in [7, 11) is 0. The lowest BCUT2D eigenvalue weighted by molar-refractivity contribution is -0.139. The zero-order valence-corrected chi connectivity index (χ0v) is 17.4. The molecule has 1 aromatic rings. The Balaban J connectivity index is 1.49. The van der Waals surface area contributed by atoms with Gasteiger partial charge in [0.05, 0.1) is 13.2 Å². The van der Waals surface area contributed by atoms with E-state index in [0.29, 0.717) is 39.4 Å². The van der Waals surface area contributed by atoms with Crippen molar-refractivity contribution in [2.45, 2.75) is 51.5 Å². The fraction of sp³-hybridized carbons (Fsp3) is 0.636. The van der Waals surface area contributed by atoms with E-state index >= 15 is 0 Å². The maximum Gasteiger partial charge on any atom is 0.318 e. The van der Waals surface area contributed by atoms with Crippen molar-refractivity contribution in [1.82, 2.24) is 15.1 Å². The highest BCUT2D eigenvalue weighted by atomic mass is 16.5. The lowest BCUT2D eigenvalue weighted by Crippen LogP contribution is -2.53. The van der Waals surface area contributed by atoms with Crippen LogP contribution in [-0.2, 0) is 21.4 Å². The van der Waals surface area contributed by atoms with E-state index in [1.165, 1.54) is 11.1 Å². The molecule has 154 valence electrons. The van der Waals surface area contributed by atoms with E-state index in [1.54, 1.807) is 4.90 Å². The van der Waals surface area contributed by atoms with Crippen molar-refractivity contribution in [3.05, 3.63) is 35.4 Å². The summed E-state index contributed by atoms with van der Waals surface area (Å²) >= 11 is 0. The number of amides is 3. The zero-order valence-electron chi connectivity index (χ0n) is 17.4. The molecule has 0 spiro atoms. The largest absolute Gasteiger partial charge is 0.378 e. The van der Waals surface area contributed by atoms with Crippen LogP contribution in [0.15, 0.2) is 24.3 Å². The number of morpholine rings is 1. The van der Waals surface area contributed by atoms with Crippen LogP contribution in [0, 0.1) is 0 Å². The van der Waals surface area contributed by atoms with Crippen molar-refractivity contribution in [3.63, 3.8) is 0 Å². The SMILES string of the molecule is CC(C)(C)c1ccc(CCNC(=O)N2CCC[C@@H]2C(=O)N2CCOCC2)cc1. The van der Waals surface area contributed by atoms with E-state index < -0.39 is 0 Å². The molecule has 6 nitrogen and oxygen atoms in total. The van der Waals surface area contributed by atoms with Crippen molar-refractivity contribution in [2.75, 3.05) is 39.4 Å². The summed E-state index contributed by atoms with van der Waals surface area (Å²) in [6.07, 6.45) is 2.41. The first-order valence-electron chi connectivity index (χ1n) is 10.4. The number of hydrogen-bond donors (Lipinski definition) is 1. The number of urea groups is 1. The van der Waals surface area contributed by atoms with Gasteiger partial charge >= 0.3 is 6.03 Å². The molecule has 1 N–H and O–H groups in total. The lowest BCUT2D eigenvalue weighted by Gasteiger charge is -2.32. The van der Waals surface area contributed by atoms with Gasteiger partial charge < -0.3 is 19.9 Å². The average Bonchev–Trinajstić information content (AvgIpc) is 3.17. The van der Waals surface area contributed by atoms with Gasteiger partial charge in [-0.15, -0.1) is 0 Å². The Bertz CT molecular complexity index is 675. The van der Waals surface area contributed by atoms with E-state index in [2.05, 4.69) is 50.4 Å². The third-order valence-electron chi connectivity index (χ3n) is 5.63.